The molecule has 0 bridgehead atoms. The SMILES string of the molecule is C/C(=C\c1csc(C)n1)[C@@H]1C[C@@H]2O[C@]2(C)C/C=C\[C@H](C)[C@H](O[Si](C)(C)C(C)(C)C)[C@@H](C)C(=O)C(C)(C)[C@@H](O[Si](C)(C)C(C)(C)C)CC(=O)O1. The van der Waals surface area contributed by atoms with Gasteiger partial charge in [-0.3, -0.25) is 9.59 Å². The van der Waals surface area contributed by atoms with E-state index in [1.54, 1.807) is 11.3 Å². The van der Waals surface area contributed by atoms with Crippen molar-refractivity contribution in [2.45, 2.75) is 176 Å². The van der Waals surface area contributed by atoms with Gasteiger partial charge in [-0.1, -0.05) is 81.4 Å². The average Bonchev–Trinajstić information content (AvgIpc) is 3.39. The zero-order chi connectivity index (χ0) is 37.5. The maximum Gasteiger partial charge on any atom is 0.309 e. The molecular formula is C39H67NO6SSi2. The predicted molar refractivity (Wildman–Crippen MR) is 208 cm³/mol. The molecule has 2 aliphatic rings. The lowest BCUT2D eigenvalue weighted by molar-refractivity contribution is -0.153. The number of cyclic esters (lactones) is 1. The van der Waals surface area contributed by atoms with Crippen molar-refractivity contribution in [1.29, 1.82) is 0 Å². The first-order valence-corrected chi connectivity index (χ1v) is 24.8. The standard InChI is InChI=1S/C39H67NO6SSi2/c1-25-19-18-20-39(13)32(44-39)22-30(26(2)21-29-24-47-28(4)40-29)43-33(41)23-31(45-48(14,15)36(5,6)7)38(11,12)35(42)27(3)34(25)46-49(16,17)37(8,9)10/h18-19,21,24-25,27,30-32,34H,20,22-23H2,1-17H3/b19-18-,26-21+/t25-,27+,30-,31-,32-,34-,39+/m0/s1. The number of aromatic nitrogens is 1. The summed E-state index contributed by atoms with van der Waals surface area (Å²) in [5.41, 5.74) is 0.426. The van der Waals surface area contributed by atoms with Crippen LogP contribution in [0, 0.1) is 24.2 Å². The molecule has 0 radical (unpaired) electrons. The molecule has 0 spiro atoms. The van der Waals surface area contributed by atoms with Crippen LogP contribution in [0.4, 0.5) is 0 Å². The largest absolute Gasteiger partial charge is 0.458 e. The van der Waals surface area contributed by atoms with E-state index in [0.29, 0.717) is 6.42 Å². The van der Waals surface area contributed by atoms with Crippen LogP contribution in [0.25, 0.3) is 6.08 Å². The molecule has 10 heteroatoms. The van der Waals surface area contributed by atoms with Crippen LogP contribution >= 0.6 is 11.3 Å². The normalized spacial score (nSPS) is 32.0. The fourth-order valence-electron chi connectivity index (χ4n) is 6.10. The smallest absolute Gasteiger partial charge is 0.309 e. The molecule has 0 saturated carbocycles. The van der Waals surface area contributed by atoms with Crippen molar-refractivity contribution in [3.63, 3.8) is 0 Å². The summed E-state index contributed by atoms with van der Waals surface area (Å²) in [4.78, 5) is 33.5. The minimum atomic E-state index is -2.41. The van der Waals surface area contributed by atoms with E-state index < -0.39 is 40.2 Å². The molecule has 49 heavy (non-hydrogen) atoms. The molecule has 7 atom stereocenters. The zero-order valence-corrected chi connectivity index (χ0v) is 36.5. The van der Waals surface area contributed by atoms with Crippen LogP contribution in [0.2, 0.25) is 36.3 Å². The molecule has 0 unspecified atom stereocenters. The monoisotopic (exact) mass is 733 g/mol. The number of Topliss-reactive ketones (excluding diaryl/α,β-unsaturated/α-hetero) is 1. The van der Waals surface area contributed by atoms with Gasteiger partial charge in [0.1, 0.15) is 11.9 Å². The van der Waals surface area contributed by atoms with Gasteiger partial charge in [-0.25, -0.2) is 4.98 Å². The number of nitrogens with zero attached hydrogens (tertiary/aromatic N) is 1. The Morgan fingerprint density at radius 1 is 1.00 bits per heavy atom. The summed E-state index contributed by atoms with van der Waals surface area (Å²) < 4.78 is 26.8. The molecule has 3 heterocycles. The number of epoxide rings is 1. The van der Waals surface area contributed by atoms with Crippen molar-refractivity contribution in [1.82, 2.24) is 4.98 Å². The number of hydrogen-bond donors (Lipinski definition) is 0. The van der Waals surface area contributed by atoms with Crippen LogP contribution < -0.4 is 0 Å². The number of esters is 1. The van der Waals surface area contributed by atoms with E-state index in [1.165, 1.54) is 0 Å². The number of aryl methyl sites for hydroxylation is 1. The Balaban J connectivity index is 2.12. The van der Waals surface area contributed by atoms with Gasteiger partial charge in [0.05, 0.1) is 41.0 Å². The Hall–Kier alpha value is -1.44. The summed E-state index contributed by atoms with van der Waals surface area (Å²) in [6.07, 6.45) is 6.09. The Kier molecular flexibility index (Phi) is 12.8. The van der Waals surface area contributed by atoms with Crippen LogP contribution in [0.15, 0.2) is 23.1 Å². The van der Waals surface area contributed by atoms with Gasteiger partial charge in [0.15, 0.2) is 16.6 Å². The summed E-state index contributed by atoms with van der Waals surface area (Å²) >= 11 is 1.59. The topological polar surface area (TPSA) is 87.3 Å². The van der Waals surface area contributed by atoms with Crippen molar-refractivity contribution in [3.05, 3.63) is 33.8 Å². The number of rotatable bonds is 6. The summed E-state index contributed by atoms with van der Waals surface area (Å²) in [5, 5.41) is 2.86. The Morgan fingerprint density at radius 3 is 2.10 bits per heavy atom. The van der Waals surface area contributed by atoms with E-state index >= 15 is 0 Å². The van der Waals surface area contributed by atoms with Crippen LogP contribution in [0.3, 0.4) is 0 Å². The molecule has 1 saturated heterocycles. The first-order valence-electron chi connectivity index (χ1n) is 18.2. The van der Waals surface area contributed by atoms with Crippen LogP contribution in [0.5, 0.6) is 0 Å². The predicted octanol–water partition coefficient (Wildman–Crippen LogP) is 10.3. The van der Waals surface area contributed by atoms with Gasteiger partial charge in [0, 0.05) is 23.1 Å². The first kappa shape index (κ1) is 42.0. The molecule has 0 aliphatic carbocycles. The van der Waals surface area contributed by atoms with Crippen molar-refractivity contribution in [3.8, 4) is 0 Å². The number of carbonyl (C=O) groups excluding carboxylic acids is 2. The highest BCUT2D eigenvalue weighted by molar-refractivity contribution is 7.09. The maximum atomic E-state index is 14.9. The maximum absolute atomic E-state index is 14.9. The van der Waals surface area contributed by atoms with Gasteiger partial charge >= 0.3 is 5.97 Å². The summed E-state index contributed by atoms with van der Waals surface area (Å²) in [6.45, 7) is 36.2. The second-order valence-corrected chi connectivity index (χ2v) is 29.2. The molecule has 0 aromatic carbocycles. The lowest BCUT2D eigenvalue weighted by Gasteiger charge is -2.46. The lowest BCUT2D eigenvalue weighted by Crippen LogP contribution is -2.54. The highest BCUT2D eigenvalue weighted by Gasteiger charge is 2.53. The molecule has 3 rings (SSSR count). The van der Waals surface area contributed by atoms with Crippen LogP contribution in [-0.4, -0.2) is 63.4 Å². The quantitative estimate of drug-likeness (QED) is 0.124. The second kappa shape index (κ2) is 14.9. The average molecular weight is 734 g/mol. The third-order valence-corrected chi connectivity index (χ3v) is 21.7. The van der Waals surface area contributed by atoms with Crippen LogP contribution in [0.1, 0.15) is 113 Å². The molecule has 1 aromatic rings. The summed E-state index contributed by atoms with van der Waals surface area (Å²) in [7, 11) is -4.66. The Bertz CT molecular complexity index is 1400. The molecule has 7 nitrogen and oxygen atoms in total. The number of fused-ring (bicyclic) bond motifs is 1. The second-order valence-electron chi connectivity index (χ2n) is 18.6. The first-order chi connectivity index (χ1) is 22.1. The van der Waals surface area contributed by atoms with E-state index in [0.717, 1.165) is 22.7 Å². The molecule has 278 valence electrons. The van der Waals surface area contributed by atoms with Gasteiger partial charge in [-0.2, -0.15) is 0 Å². The molecule has 1 fully saturated rings. The van der Waals surface area contributed by atoms with Crippen LogP contribution in [-0.2, 0) is 27.9 Å². The number of ketones is 1. The Labute approximate surface area is 304 Å². The lowest BCUT2D eigenvalue weighted by atomic mass is 9.73. The molecule has 0 amide bonds. The molecule has 2 aliphatic heterocycles. The minimum absolute atomic E-state index is 0.0122. The van der Waals surface area contributed by atoms with Gasteiger partial charge in [-0.15, -0.1) is 11.3 Å². The minimum Gasteiger partial charge on any atom is -0.458 e. The molecule has 0 N–H and O–H groups in total. The van der Waals surface area contributed by atoms with Gasteiger partial charge in [0.25, 0.3) is 0 Å². The third kappa shape index (κ3) is 10.1. The van der Waals surface area contributed by atoms with E-state index in [4.69, 9.17) is 18.3 Å². The van der Waals surface area contributed by atoms with E-state index in [2.05, 4.69) is 98.7 Å². The van der Waals surface area contributed by atoms with Crippen molar-refractivity contribution < 1.29 is 27.9 Å². The van der Waals surface area contributed by atoms with Gasteiger partial charge in [0.2, 0.25) is 0 Å². The fourth-order valence-corrected chi connectivity index (χ4v) is 9.56. The highest BCUT2D eigenvalue weighted by atomic mass is 32.1. The number of carbonyl (C=O) groups is 2. The molecule has 1 aromatic heterocycles. The summed E-state index contributed by atoms with van der Waals surface area (Å²) in [5.74, 6) is -0.773. The fraction of sp³-hybridized carbons (Fsp3) is 0.769. The Morgan fingerprint density at radius 2 is 1.57 bits per heavy atom. The van der Waals surface area contributed by atoms with Gasteiger partial charge in [-0.05, 0) is 81.0 Å². The van der Waals surface area contributed by atoms with E-state index in [1.807, 2.05) is 46.1 Å². The summed E-state index contributed by atoms with van der Waals surface area (Å²) in [6, 6.07) is 0. The van der Waals surface area contributed by atoms with E-state index in [9.17, 15) is 9.59 Å². The zero-order valence-electron chi connectivity index (χ0n) is 33.7. The van der Waals surface area contributed by atoms with Gasteiger partial charge < -0.3 is 18.3 Å². The number of ether oxygens (including phenoxy) is 2. The molecular weight excluding hydrogens is 667 g/mol. The van der Waals surface area contributed by atoms with E-state index in [-0.39, 0.29) is 52.0 Å². The number of thiazole rings is 1. The highest BCUT2D eigenvalue weighted by Crippen LogP contribution is 2.46. The number of hydrogen-bond acceptors (Lipinski definition) is 8. The van der Waals surface area contributed by atoms with Crippen molar-refractivity contribution in [2.24, 2.45) is 17.3 Å². The van der Waals surface area contributed by atoms with Crippen molar-refractivity contribution >= 4 is 45.8 Å². The third-order valence-electron chi connectivity index (χ3n) is 11.9. The van der Waals surface area contributed by atoms with Crippen molar-refractivity contribution in [2.75, 3.05) is 0 Å².